The van der Waals surface area contributed by atoms with Gasteiger partial charge in [0.05, 0.1) is 11.7 Å². The van der Waals surface area contributed by atoms with Crippen LogP contribution in [0.5, 0.6) is 0 Å². The Morgan fingerprint density at radius 1 is 1.38 bits per heavy atom. The van der Waals surface area contributed by atoms with E-state index in [1.54, 1.807) is 6.20 Å². The second kappa shape index (κ2) is 7.77. The number of pyridine rings is 1. The number of urea groups is 1. The molecular formula is C18H24N4OS. The third kappa shape index (κ3) is 4.13. The van der Waals surface area contributed by atoms with E-state index in [0.717, 1.165) is 25.2 Å². The predicted molar refractivity (Wildman–Crippen MR) is 97.1 cm³/mol. The van der Waals surface area contributed by atoms with E-state index in [9.17, 15) is 4.79 Å². The quantitative estimate of drug-likeness (QED) is 0.877. The van der Waals surface area contributed by atoms with Crippen LogP contribution in [0.2, 0.25) is 0 Å². The first kappa shape index (κ1) is 16.9. The van der Waals surface area contributed by atoms with Gasteiger partial charge < -0.3 is 10.6 Å². The average Bonchev–Trinajstić information content (AvgIpc) is 3.08. The summed E-state index contributed by atoms with van der Waals surface area (Å²) in [7, 11) is 0. The van der Waals surface area contributed by atoms with E-state index in [2.05, 4.69) is 38.9 Å². The summed E-state index contributed by atoms with van der Waals surface area (Å²) < 4.78 is 0. The molecule has 0 spiro atoms. The van der Waals surface area contributed by atoms with Gasteiger partial charge in [0.1, 0.15) is 0 Å². The van der Waals surface area contributed by atoms with Crippen molar-refractivity contribution in [2.45, 2.75) is 38.9 Å². The highest BCUT2D eigenvalue weighted by Crippen LogP contribution is 2.24. The number of carbonyl (C=O) groups is 1. The number of amides is 2. The number of nitrogens with one attached hydrogen (secondary N) is 2. The Morgan fingerprint density at radius 2 is 2.25 bits per heavy atom. The molecule has 2 atom stereocenters. The highest BCUT2D eigenvalue weighted by molar-refractivity contribution is 7.10. The van der Waals surface area contributed by atoms with Gasteiger partial charge in [-0.3, -0.25) is 9.88 Å². The summed E-state index contributed by atoms with van der Waals surface area (Å²) in [5.41, 5.74) is 2.30. The van der Waals surface area contributed by atoms with Crippen molar-refractivity contribution in [3.05, 3.63) is 52.0 Å². The number of nitrogens with zero attached hydrogens (tertiary/aromatic N) is 2. The molecule has 3 rings (SSSR count). The van der Waals surface area contributed by atoms with E-state index in [1.807, 2.05) is 36.5 Å². The van der Waals surface area contributed by atoms with Crippen LogP contribution in [0.25, 0.3) is 0 Å². The Bertz CT molecular complexity index is 673. The molecule has 24 heavy (non-hydrogen) atoms. The number of rotatable bonds is 5. The van der Waals surface area contributed by atoms with Gasteiger partial charge in [-0.1, -0.05) is 6.07 Å². The number of fused-ring (bicyclic) bond motifs is 1. The first-order valence-electron chi connectivity index (χ1n) is 8.38. The standard InChI is InChI=1S/C18H24N4OS/c1-13(22-9-6-17-15(12-22)7-10-24-17)11-20-18(23)21-14(2)16-5-3-4-8-19-16/h3-5,7-8,10,13-14H,6,9,11-12H2,1-2H3,(H2,20,21,23)/t13-,14-/m0/s1. The van der Waals surface area contributed by atoms with Gasteiger partial charge in [-0.05, 0) is 49.4 Å². The molecule has 0 saturated heterocycles. The molecule has 2 N–H and O–H groups in total. The van der Waals surface area contributed by atoms with Crippen LogP contribution in [-0.2, 0) is 13.0 Å². The second-order valence-corrected chi connectivity index (χ2v) is 7.27. The van der Waals surface area contributed by atoms with Gasteiger partial charge in [0.2, 0.25) is 0 Å². The van der Waals surface area contributed by atoms with Crippen LogP contribution in [0.1, 0.15) is 36.0 Å². The third-order valence-electron chi connectivity index (χ3n) is 4.50. The normalized spacial score (nSPS) is 16.9. The Labute approximate surface area is 147 Å². The predicted octanol–water partition coefficient (Wildman–Crippen LogP) is 2.95. The maximum absolute atomic E-state index is 12.1. The smallest absolute Gasteiger partial charge is 0.315 e. The molecule has 1 aliphatic heterocycles. The molecule has 0 unspecified atom stereocenters. The highest BCUT2D eigenvalue weighted by Gasteiger charge is 2.21. The molecule has 0 radical (unpaired) electrons. The van der Waals surface area contributed by atoms with Crippen LogP contribution >= 0.6 is 11.3 Å². The van der Waals surface area contributed by atoms with Crippen LogP contribution in [-0.4, -0.2) is 35.0 Å². The van der Waals surface area contributed by atoms with Gasteiger partial charge in [0.15, 0.2) is 0 Å². The molecule has 0 aliphatic carbocycles. The molecule has 0 saturated carbocycles. The third-order valence-corrected chi connectivity index (χ3v) is 5.52. The summed E-state index contributed by atoms with van der Waals surface area (Å²) in [5, 5.41) is 8.09. The zero-order valence-electron chi connectivity index (χ0n) is 14.2. The Balaban J connectivity index is 1.44. The molecule has 2 amide bonds. The fraction of sp³-hybridized carbons (Fsp3) is 0.444. The van der Waals surface area contributed by atoms with Crippen LogP contribution in [0.3, 0.4) is 0 Å². The molecule has 1 aliphatic rings. The largest absolute Gasteiger partial charge is 0.337 e. The average molecular weight is 344 g/mol. The zero-order valence-corrected chi connectivity index (χ0v) is 15.0. The van der Waals surface area contributed by atoms with Crippen molar-refractivity contribution < 1.29 is 4.79 Å². The van der Waals surface area contributed by atoms with Crippen LogP contribution in [0.15, 0.2) is 35.8 Å². The molecule has 6 heteroatoms. The molecular weight excluding hydrogens is 320 g/mol. The van der Waals surface area contributed by atoms with Gasteiger partial charge in [0, 0.05) is 36.8 Å². The van der Waals surface area contributed by atoms with E-state index >= 15 is 0 Å². The lowest BCUT2D eigenvalue weighted by molar-refractivity contribution is 0.185. The summed E-state index contributed by atoms with van der Waals surface area (Å²) in [6.45, 7) is 6.78. The minimum Gasteiger partial charge on any atom is -0.337 e. The van der Waals surface area contributed by atoms with E-state index in [-0.39, 0.29) is 12.1 Å². The first-order chi connectivity index (χ1) is 11.6. The Kier molecular flexibility index (Phi) is 5.48. The van der Waals surface area contributed by atoms with Crippen molar-refractivity contribution in [3.63, 3.8) is 0 Å². The van der Waals surface area contributed by atoms with Crippen LogP contribution in [0, 0.1) is 0 Å². The van der Waals surface area contributed by atoms with Gasteiger partial charge >= 0.3 is 6.03 Å². The first-order valence-corrected chi connectivity index (χ1v) is 9.26. The van der Waals surface area contributed by atoms with Gasteiger partial charge in [-0.2, -0.15) is 0 Å². The monoisotopic (exact) mass is 344 g/mol. The maximum atomic E-state index is 12.1. The minimum atomic E-state index is -0.145. The summed E-state index contributed by atoms with van der Waals surface area (Å²) in [6, 6.07) is 7.99. The molecule has 0 fully saturated rings. The molecule has 0 aromatic carbocycles. The van der Waals surface area contributed by atoms with Crippen molar-refractivity contribution in [2.75, 3.05) is 13.1 Å². The number of aromatic nitrogens is 1. The summed E-state index contributed by atoms with van der Waals surface area (Å²) in [5.74, 6) is 0. The van der Waals surface area contributed by atoms with Crippen molar-refractivity contribution in [3.8, 4) is 0 Å². The fourth-order valence-electron chi connectivity index (χ4n) is 2.97. The molecule has 0 bridgehead atoms. The number of carbonyl (C=O) groups excluding carboxylic acids is 1. The van der Waals surface area contributed by atoms with Crippen molar-refractivity contribution in [1.29, 1.82) is 0 Å². The molecule has 128 valence electrons. The van der Waals surface area contributed by atoms with E-state index < -0.39 is 0 Å². The van der Waals surface area contributed by atoms with Crippen molar-refractivity contribution in [2.24, 2.45) is 0 Å². The fourth-order valence-corrected chi connectivity index (χ4v) is 3.86. The zero-order chi connectivity index (χ0) is 16.9. The SMILES string of the molecule is C[C@H](NC(=O)NC[C@H](C)N1CCc2sccc2C1)c1ccccn1. The van der Waals surface area contributed by atoms with E-state index in [0.29, 0.717) is 12.6 Å². The lowest BCUT2D eigenvalue weighted by atomic mass is 10.1. The second-order valence-electron chi connectivity index (χ2n) is 6.27. The Morgan fingerprint density at radius 3 is 3.04 bits per heavy atom. The van der Waals surface area contributed by atoms with E-state index in [4.69, 9.17) is 0 Å². The number of thiophene rings is 1. The molecule has 3 heterocycles. The van der Waals surface area contributed by atoms with Gasteiger partial charge in [0.25, 0.3) is 0 Å². The lowest BCUT2D eigenvalue weighted by Crippen LogP contribution is -2.46. The molecule has 2 aromatic heterocycles. The van der Waals surface area contributed by atoms with Crippen molar-refractivity contribution in [1.82, 2.24) is 20.5 Å². The molecule has 5 nitrogen and oxygen atoms in total. The Hall–Kier alpha value is -1.92. The topological polar surface area (TPSA) is 57.3 Å². The van der Waals surface area contributed by atoms with Crippen LogP contribution in [0.4, 0.5) is 4.79 Å². The summed E-state index contributed by atoms with van der Waals surface area (Å²) >= 11 is 1.85. The van der Waals surface area contributed by atoms with E-state index in [1.165, 1.54) is 10.4 Å². The summed E-state index contributed by atoms with van der Waals surface area (Å²) in [6.07, 6.45) is 2.85. The highest BCUT2D eigenvalue weighted by atomic mass is 32.1. The minimum absolute atomic E-state index is 0.107. The molecule has 2 aromatic rings. The maximum Gasteiger partial charge on any atom is 0.315 e. The lowest BCUT2D eigenvalue weighted by Gasteiger charge is -2.32. The number of hydrogen-bond acceptors (Lipinski definition) is 4. The van der Waals surface area contributed by atoms with Crippen molar-refractivity contribution >= 4 is 17.4 Å². The van der Waals surface area contributed by atoms with Crippen LogP contribution < -0.4 is 10.6 Å². The summed E-state index contributed by atoms with van der Waals surface area (Å²) in [4.78, 5) is 20.3. The number of hydrogen-bond donors (Lipinski definition) is 2. The van der Waals surface area contributed by atoms with Gasteiger partial charge in [-0.25, -0.2) is 4.79 Å². The van der Waals surface area contributed by atoms with Gasteiger partial charge in [-0.15, -0.1) is 11.3 Å².